The minimum atomic E-state index is 0.201. The molecule has 0 spiro atoms. The Morgan fingerprint density at radius 1 is 1.17 bits per heavy atom. The summed E-state index contributed by atoms with van der Waals surface area (Å²) in [6.07, 6.45) is 9.86. The summed E-state index contributed by atoms with van der Waals surface area (Å²) in [7, 11) is 1.62. The Morgan fingerprint density at radius 3 is 2.61 bits per heavy atom. The first-order chi connectivity index (χ1) is 11.3. The number of nitrogens with zero attached hydrogens (tertiary/aromatic N) is 6. The lowest BCUT2D eigenvalue weighted by Crippen LogP contribution is -2.09. The number of hydrogen-bond donors (Lipinski definition) is 0. The first-order valence-corrected chi connectivity index (χ1v) is 7.37. The summed E-state index contributed by atoms with van der Waals surface area (Å²) in [5.41, 5.74) is 2.82. The van der Waals surface area contributed by atoms with Gasteiger partial charge in [-0.25, -0.2) is 14.6 Å². The van der Waals surface area contributed by atoms with Gasteiger partial charge in [0.05, 0.1) is 12.2 Å². The minimum Gasteiger partial charge on any atom is -0.377 e. The molecule has 23 heavy (non-hydrogen) atoms. The zero-order chi connectivity index (χ0) is 16.1. The summed E-state index contributed by atoms with van der Waals surface area (Å²) >= 11 is 0. The van der Waals surface area contributed by atoms with Crippen molar-refractivity contribution in [2.75, 3.05) is 7.11 Å². The highest BCUT2D eigenvalue weighted by Crippen LogP contribution is 2.18. The number of methoxy groups -OCH3 is 1. The second kappa shape index (κ2) is 7.06. The maximum absolute atomic E-state index is 5.00. The van der Waals surface area contributed by atoms with E-state index in [1.165, 1.54) is 5.56 Å². The highest BCUT2D eigenvalue weighted by atomic mass is 16.5. The monoisotopic (exact) mass is 310 g/mol. The maximum Gasteiger partial charge on any atom is 0.153 e. The van der Waals surface area contributed by atoms with Crippen LogP contribution in [0.15, 0.2) is 43.1 Å². The summed E-state index contributed by atoms with van der Waals surface area (Å²) < 4.78 is 6.86. The number of hydrogen-bond acceptors (Lipinski definition) is 6. The molecular formula is C16H18N6O. The second-order valence-electron chi connectivity index (χ2n) is 5.31. The van der Waals surface area contributed by atoms with Crippen LogP contribution < -0.4 is 0 Å². The summed E-state index contributed by atoms with van der Waals surface area (Å²) in [6, 6.07) is 4.22. The third-order valence-electron chi connectivity index (χ3n) is 3.52. The van der Waals surface area contributed by atoms with E-state index < -0.39 is 0 Å². The highest BCUT2D eigenvalue weighted by Gasteiger charge is 2.11. The lowest BCUT2D eigenvalue weighted by molar-refractivity contribution is 0.178. The molecule has 0 radical (unpaired) electrons. The Morgan fingerprint density at radius 2 is 1.91 bits per heavy atom. The molecule has 0 saturated heterocycles. The summed E-state index contributed by atoms with van der Waals surface area (Å²) in [5.74, 6) is 0.648. The minimum absolute atomic E-state index is 0.201. The second-order valence-corrected chi connectivity index (χ2v) is 5.31. The fourth-order valence-corrected chi connectivity index (χ4v) is 2.27. The Labute approximate surface area is 134 Å². The van der Waals surface area contributed by atoms with E-state index in [1.807, 2.05) is 23.0 Å². The van der Waals surface area contributed by atoms with Crippen molar-refractivity contribution in [3.05, 3.63) is 54.5 Å². The van der Waals surface area contributed by atoms with Crippen molar-refractivity contribution in [3.8, 4) is 11.3 Å². The van der Waals surface area contributed by atoms with Gasteiger partial charge >= 0.3 is 0 Å². The largest absolute Gasteiger partial charge is 0.377 e. The Balaban J connectivity index is 1.72. The van der Waals surface area contributed by atoms with Crippen LogP contribution in [0.3, 0.4) is 0 Å². The molecule has 7 nitrogen and oxygen atoms in total. The predicted molar refractivity (Wildman–Crippen MR) is 84.4 cm³/mol. The van der Waals surface area contributed by atoms with E-state index in [-0.39, 0.29) is 6.04 Å². The summed E-state index contributed by atoms with van der Waals surface area (Å²) in [5, 5.41) is 8.43. The van der Waals surface area contributed by atoms with Gasteiger partial charge in [0.1, 0.15) is 12.3 Å². The SMILES string of the molecule is COCc1ncc(-c2cn([C@@H](C)Cc3ccncc3)nn2)cn1. The topological polar surface area (TPSA) is 78.6 Å². The maximum atomic E-state index is 5.00. The van der Waals surface area contributed by atoms with Gasteiger partial charge in [-0.3, -0.25) is 4.98 Å². The molecule has 0 aliphatic rings. The Kier molecular flexibility index (Phi) is 4.68. The van der Waals surface area contributed by atoms with Crippen LogP contribution in [0, 0.1) is 0 Å². The molecule has 118 valence electrons. The smallest absolute Gasteiger partial charge is 0.153 e. The molecule has 3 aromatic rings. The Hall–Kier alpha value is -2.67. The molecule has 0 bridgehead atoms. The molecule has 3 aromatic heterocycles. The molecule has 3 rings (SSSR count). The van der Waals surface area contributed by atoms with E-state index >= 15 is 0 Å². The molecular weight excluding hydrogens is 292 g/mol. The fraction of sp³-hybridized carbons (Fsp3) is 0.312. The van der Waals surface area contributed by atoms with E-state index in [2.05, 4.69) is 32.2 Å². The van der Waals surface area contributed by atoms with Crippen molar-refractivity contribution >= 4 is 0 Å². The zero-order valence-corrected chi connectivity index (χ0v) is 13.1. The van der Waals surface area contributed by atoms with Gasteiger partial charge in [0.25, 0.3) is 0 Å². The van der Waals surface area contributed by atoms with Crippen LogP contribution >= 0.6 is 0 Å². The summed E-state index contributed by atoms with van der Waals surface area (Å²) in [4.78, 5) is 12.5. The first-order valence-electron chi connectivity index (χ1n) is 7.37. The van der Waals surface area contributed by atoms with Crippen molar-refractivity contribution in [2.45, 2.75) is 26.0 Å². The van der Waals surface area contributed by atoms with Crippen molar-refractivity contribution in [3.63, 3.8) is 0 Å². The molecule has 0 amide bonds. The molecule has 0 unspecified atom stereocenters. The van der Waals surface area contributed by atoms with Gasteiger partial charge in [-0.15, -0.1) is 5.10 Å². The van der Waals surface area contributed by atoms with Crippen molar-refractivity contribution < 1.29 is 4.74 Å². The number of aromatic nitrogens is 6. The number of pyridine rings is 1. The lowest BCUT2D eigenvalue weighted by Gasteiger charge is -2.10. The van der Waals surface area contributed by atoms with Crippen LogP contribution in [0.5, 0.6) is 0 Å². The molecule has 0 fully saturated rings. The number of rotatable bonds is 6. The molecule has 0 N–H and O–H groups in total. The van der Waals surface area contributed by atoms with E-state index in [9.17, 15) is 0 Å². The fourth-order valence-electron chi connectivity index (χ4n) is 2.27. The third kappa shape index (κ3) is 3.75. The van der Waals surface area contributed by atoms with Gasteiger partial charge in [0.2, 0.25) is 0 Å². The third-order valence-corrected chi connectivity index (χ3v) is 3.52. The van der Waals surface area contributed by atoms with E-state index in [0.29, 0.717) is 12.4 Å². The van der Waals surface area contributed by atoms with E-state index in [4.69, 9.17) is 4.74 Å². The predicted octanol–water partition coefficient (Wildman–Crippen LogP) is 2.08. The Bertz CT molecular complexity index is 741. The lowest BCUT2D eigenvalue weighted by atomic mass is 10.1. The van der Waals surface area contributed by atoms with Gasteiger partial charge in [-0.2, -0.15) is 0 Å². The first kappa shape index (κ1) is 15.2. The molecule has 1 atom stereocenters. The standard InChI is InChI=1S/C16H18N6O/c1-12(7-13-3-5-17-6-4-13)22-10-15(20-21-22)14-8-18-16(11-23-2)19-9-14/h3-6,8-10,12H,7,11H2,1-2H3/t12-/m0/s1. The van der Waals surface area contributed by atoms with Crippen molar-refractivity contribution in [2.24, 2.45) is 0 Å². The average Bonchev–Trinajstić information content (AvgIpc) is 3.07. The van der Waals surface area contributed by atoms with Gasteiger partial charge in [-0.05, 0) is 31.0 Å². The quantitative estimate of drug-likeness (QED) is 0.693. The van der Waals surface area contributed by atoms with Crippen LogP contribution in [0.2, 0.25) is 0 Å². The molecule has 0 saturated carbocycles. The zero-order valence-electron chi connectivity index (χ0n) is 13.1. The van der Waals surface area contributed by atoms with Crippen LogP contribution in [-0.4, -0.2) is 37.1 Å². The van der Waals surface area contributed by atoms with Gasteiger partial charge in [0.15, 0.2) is 5.82 Å². The van der Waals surface area contributed by atoms with Gasteiger partial charge in [-0.1, -0.05) is 5.21 Å². The van der Waals surface area contributed by atoms with Crippen molar-refractivity contribution in [1.29, 1.82) is 0 Å². The molecule has 0 aliphatic heterocycles. The highest BCUT2D eigenvalue weighted by molar-refractivity contribution is 5.54. The van der Waals surface area contributed by atoms with Gasteiger partial charge < -0.3 is 4.74 Å². The van der Waals surface area contributed by atoms with Crippen LogP contribution in [0.1, 0.15) is 24.4 Å². The van der Waals surface area contributed by atoms with Crippen molar-refractivity contribution in [1.82, 2.24) is 29.9 Å². The average molecular weight is 310 g/mol. The molecule has 7 heteroatoms. The normalized spacial score (nSPS) is 12.3. The van der Waals surface area contributed by atoms with E-state index in [0.717, 1.165) is 17.7 Å². The number of ether oxygens (including phenoxy) is 1. The van der Waals surface area contributed by atoms with E-state index in [1.54, 1.807) is 31.9 Å². The molecule has 3 heterocycles. The van der Waals surface area contributed by atoms with Crippen LogP contribution in [0.4, 0.5) is 0 Å². The molecule has 0 aliphatic carbocycles. The van der Waals surface area contributed by atoms with Crippen LogP contribution in [-0.2, 0) is 17.8 Å². The summed E-state index contributed by atoms with van der Waals surface area (Å²) in [6.45, 7) is 2.51. The van der Waals surface area contributed by atoms with Gasteiger partial charge in [0, 0.05) is 37.5 Å². The molecule has 0 aromatic carbocycles. The van der Waals surface area contributed by atoms with Crippen LogP contribution in [0.25, 0.3) is 11.3 Å².